The predicted molar refractivity (Wildman–Crippen MR) is 84.7 cm³/mol. The Bertz CT molecular complexity index is 874. The zero-order valence-electron chi connectivity index (χ0n) is 11.6. The molecule has 0 saturated heterocycles. The van der Waals surface area contributed by atoms with Gasteiger partial charge in [-0.15, -0.1) is 0 Å². The van der Waals surface area contributed by atoms with Gasteiger partial charge in [0.15, 0.2) is 0 Å². The van der Waals surface area contributed by atoms with Crippen molar-refractivity contribution in [1.82, 2.24) is 4.98 Å². The van der Waals surface area contributed by atoms with Crippen molar-refractivity contribution in [2.24, 2.45) is 5.73 Å². The number of hydrogen-bond acceptors (Lipinski definition) is 3. The second-order valence-electron chi connectivity index (χ2n) is 4.79. The van der Waals surface area contributed by atoms with Crippen LogP contribution in [0.3, 0.4) is 0 Å². The number of hydrogen-bond donors (Lipinski definition) is 2. The molecule has 0 saturated carbocycles. The van der Waals surface area contributed by atoms with Crippen LogP contribution in [0.1, 0.15) is 20.7 Å². The first-order chi connectivity index (χ1) is 10.6. The van der Waals surface area contributed by atoms with Crippen LogP contribution in [0.4, 0.5) is 5.82 Å². The number of rotatable bonds is 3. The smallest absolute Gasteiger partial charge is 0.256 e. The summed E-state index contributed by atoms with van der Waals surface area (Å²) < 4.78 is 0. The number of nitrogens with zero attached hydrogens (tertiary/aromatic N) is 1. The fraction of sp³-hybridized carbons (Fsp3) is 0. The van der Waals surface area contributed by atoms with Gasteiger partial charge in [0.1, 0.15) is 5.82 Å². The molecule has 1 heterocycles. The van der Waals surface area contributed by atoms with Crippen LogP contribution in [0.5, 0.6) is 0 Å². The molecule has 3 rings (SSSR count). The molecule has 0 unspecified atom stereocenters. The number of pyridine rings is 1. The fourth-order valence-corrected chi connectivity index (χ4v) is 2.14. The van der Waals surface area contributed by atoms with Crippen LogP contribution in [-0.2, 0) is 0 Å². The van der Waals surface area contributed by atoms with Gasteiger partial charge in [-0.25, -0.2) is 4.98 Å². The molecule has 108 valence electrons. The van der Waals surface area contributed by atoms with Crippen molar-refractivity contribution in [3.63, 3.8) is 0 Å². The average molecular weight is 291 g/mol. The van der Waals surface area contributed by atoms with E-state index in [1.54, 1.807) is 24.3 Å². The summed E-state index contributed by atoms with van der Waals surface area (Å²) in [5, 5.41) is 3.71. The van der Waals surface area contributed by atoms with E-state index < -0.39 is 5.91 Å². The van der Waals surface area contributed by atoms with Crippen molar-refractivity contribution < 1.29 is 9.59 Å². The first-order valence-corrected chi connectivity index (χ1v) is 6.70. The lowest BCUT2D eigenvalue weighted by Crippen LogP contribution is -2.15. The van der Waals surface area contributed by atoms with Crippen molar-refractivity contribution >= 4 is 28.5 Å². The molecule has 0 fully saturated rings. The summed E-state index contributed by atoms with van der Waals surface area (Å²) >= 11 is 0. The number of primary amides is 1. The second kappa shape index (κ2) is 5.65. The van der Waals surface area contributed by atoms with Crippen molar-refractivity contribution in [2.45, 2.75) is 0 Å². The third-order valence-electron chi connectivity index (χ3n) is 3.25. The Morgan fingerprint density at radius 2 is 1.68 bits per heavy atom. The van der Waals surface area contributed by atoms with Gasteiger partial charge in [-0.1, -0.05) is 24.3 Å². The number of benzene rings is 2. The number of nitrogens with one attached hydrogen (secondary N) is 1. The van der Waals surface area contributed by atoms with Crippen molar-refractivity contribution in [1.29, 1.82) is 0 Å². The molecule has 1 aromatic heterocycles. The van der Waals surface area contributed by atoms with Gasteiger partial charge in [-0.2, -0.15) is 0 Å². The Morgan fingerprint density at radius 3 is 2.50 bits per heavy atom. The van der Waals surface area contributed by atoms with Gasteiger partial charge in [0, 0.05) is 16.5 Å². The Kier molecular flexibility index (Phi) is 3.53. The highest BCUT2D eigenvalue weighted by Gasteiger charge is 2.09. The fourth-order valence-electron chi connectivity index (χ4n) is 2.14. The summed E-state index contributed by atoms with van der Waals surface area (Å²) in [7, 11) is 0. The van der Waals surface area contributed by atoms with E-state index in [4.69, 9.17) is 5.73 Å². The van der Waals surface area contributed by atoms with Gasteiger partial charge >= 0.3 is 0 Å². The molecule has 0 bridgehead atoms. The first kappa shape index (κ1) is 13.8. The van der Waals surface area contributed by atoms with Crippen LogP contribution in [0.15, 0.2) is 60.7 Å². The molecule has 0 spiro atoms. The normalized spacial score (nSPS) is 10.4. The first-order valence-electron chi connectivity index (χ1n) is 6.70. The number of carbonyl (C=O) groups is 2. The zero-order valence-corrected chi connectivity index (χ0v) is 11.6. The zero-order chi connectivity index (χ0) is 15.5. The topological polar surface area (TPSA) is 85.1 Å². The van der Waals surface area contributed by atoms with E-state index in [1.165, 1.54) is 6.07 Å². The van der Waals surface area contributed by atoms with Crippen LogP contribution in [0, 0.1) is 0 Å². The van der Waals surface area contributed by atoms with Crippen LogP contribution in [-0.4, -0.2) is 16.8 Å². The number of nitrogens with two attached hydrogens (primary N) is 1. The SMILES string of the molecule is NC(=O)c1cccc(C(=O)Nc2ccc3ccccc3n2)c1. The van der Waals surface area contributed by atoms with Crippen LogP contribution >= 0.6 is 0 Å². The number of aromatic nitrogens is 1. The van der Waals surface area contributed by atoms with Gasteiger partial charge < -0.3 is 11.1 Å². The molecule has 0 atom stereocenters. The van der Waals surface area contributed by atoms with Crippen LogP contribution in [0.2, 0.25) is 0 Å². The maximum atomic E-state index is 12.2. The van der Waals surface area contributed by atoms with E-state index in [0.29, 0.717) is 16.9 Å². The van der Waals surface area contributed by atoms with E-state index >= 15 is 0 Å². The van der Waals surface area contributed by atoms with Gasteiger partial charge in [0.05, 0.1) is 5.52 Å². The lowest BCUT2D eigenvalue weighted by atomic mass is 10.1. The molecule has 0 aliphatic carbocycles. The molecular formula is C17H13N3O2. The highest BCUT2D eigenvalue weighted by atomic mass is 16.2. The average Bonchev–Trinajstić information content (AvgIpc) is 2.55. The molecule has 3 N–H and O–H groups in total. The molecule has 0 aliphatic rings. The number of fused-ring (bicyclic) bond motifs is 1. The van der Waals surface area contributed by atoms with Crippen molar-refractivity contribution in [3.05, 3.63) is 71.8 Å². The van der Waals surface area contributed by atoms with Gasteiger partial charge in [-0.3, -0.25) is 9.59 Å². The van der Waals surface area contributed by atoms with Gasteiger partial charge in [0.25, 0.3) is 5.91 Å². The lowest BCUT2D eigenvalue weighted by Gasteiger charge is -2.06. The number of para-hydroxylation sites is 1. The molecule has 5 heteroatoms. The summed E-state index contributed by atoms with van der Waals surface area (Å²) in [4.78, 5) is 27.8. The predicted octanol–water partition coefficient (Wildman–Crippen LogP) is 2.59. The van der Waals surface area contributed by atoms with E-state index in [-0.39, 0.29) is 5.91 Å². The number of carbonyl (C=O) groups excluding carboxylic acids is 2. The minimum atomic E-state index is -0.571. The Hall–Kier alpha value is -3.21. The van der Waals surface area contributed by atoms with Gasteiger partial charge in [0.2, 0.25) is 5.91 Å². The highest BCUT2D eigenvalue weighted by Crippen LogP contribution is 2.15. The Labute approximate surface area is 126 Å². The van der Waals surface area contributed by atoms with E-state index in [9.17, 15) is 9.59 Å². The molecule has 2 aromatic carbocycles. The standard InChI is InChI=1S/C17H13N3O2/c18-16(21)12-5-3-6-13(10-12)17(22)20-15-9-8-11-4-1-2-7-14(11)19-15/h1-10H,(H2,18,21)(H,19,20,22). The largest absolute Gasteiger partial charge is 0.366 e. The Balaban J connectivity index is 1.86. The Morgan fingerprint density at radius 1 is 0.909 bits per heavy atom. The minimum Gasteiger partial charge on any atom is -0.366 e. The minimum absolute atomic E-state index is 0.291. The monoisotopic (exact) mass is 291 g/mol. The summed E-state index contributed by atoms with van der Waals surface area (Å²) in [6.45, 7) is 0. The molecule has 22 heavy (non-hydrogen) atoms. The summed E-state index contributed by atoms with van der Waals surface area (Å²) in [5.74, 6) is -0.461. The number of anilines is 1. The third-order valence-corrected chi connectivity index (χ3v) is 3.25. The highest BCUT2D eigenvalue weighted by molar-refractivity contribution is 6.05. The van der Waals surface area contributed by atoms with Crippen LogP contribution < -0.4 is 11.1 Å². The van der Waals surface area contributed by atoms with Gasteiger partial charge in [-0.05, 0) is 36.4 Å². The number of amides is 2. The summed E-state index contributed by atoms with van der Waals surface area (Å²) in [6, 6.07) is 17.5. The quantitative estimate of drug-likeness (QED) is 0.777. The van der Waals surface area contributed by atoms with Crippen molar-refractivity contribution in [3.8, 4) is 0 Å². The second-order valence-corrected chi connectivity index (χ2v) is 4.79. The molecule has 3 aromatic rings. The molecule has 0 radical (unpaired) electrons. The summed E-state index contributed by atoms with van der Waals surface area (Å²) in [5.41, 5.74) is 6.66. The third kappa shape index (κ3) is 2.78. The molecule has 2 amide bonds. The molecular weight excluding hydrogens is 278 g/mol. The molecule has 5 nitrogen and oxygen atoms in total. The lowest BCUT2D eigenvalue weighted by molar-refractivity contribution is 0.1000. The van der Waals surface area contributed by atoms with E-state index in [0.717, 1.165) is 10.9 Å². The van der Waals surface area contributed by atoms with Crippen LogP contribution in [0.25, 0.3) is 10.9 Å². The maximum Gasteiger partial charge on any atom is 0.256 e. The van der Waals surface area contributed by atoms with Crippen molar-refractivity contribution in [2.75, 3.05) is 5.32 Å². The summed E-state index contributed by atoms with van der Waals surface area (Å²) in [6.07, 6.45) is 0. The van der Waals surface area contributed by atoms with E-state index in [2.05, 4.69) is 10.3 Å². The molecule has 0 aliphatic heterocycles. The maximum absolute atomic E-state index is 12.2. The van der Waals surface area contributed by atoms with E-state index in [1.807, 2.05) is 30.3 Å².